The van der Waals surface area contributed by atoms with Crippen LogP contribution < -0.4 is 5.32 Å². The van der Waals surface area contributed by atoms with Gasteiger partial charge in [-0.15, -0.1) is 0 Å². The zero-order valence-corrected chi connectivity index (χ0v) is 12.9. The highest BCUT2D eigenvalue weighted by Crippen LogP contribution is 2.34. The van der Waals surface area contributed by atoms with E-state index in [2.05, 4.69) is 5.32 Å². The molecule has 0 atom stereocenters. The fourth-order valence-corrected chi connectivity index (χ4v) is 1.99. The Morgan fingerprint density at radius 3 is 2.14 bits per heavy atom. The average Bonchev–Trinajstić information content (AvgIpc) is 2.33. The summed E-state index contributed by atoms with van der Waals surface area (Å²) in [6, 6.07) is 4.71. The van der Waals surface area contributed by atoms with Crippen LogP contribution in [-0.2, 0) is 15.8 Å². The summed E-state index contributed by atoms with van der Waals surface area (Å²) in [7, 11) is 0. The summed E-state index contributed by atoms with van der Waals surface area (Å²) < 4.78 is 38.6. The molecule has 0 fully saturated rings. The number of anilines is 1. The Bertz CT molecular complexity index is 563. The SMILES string of the molecule is CC(=O)N(CC(=O)Nc1ccccc1C(F)(F)F)C(C)(C)C. The predicted octanol–water partition coefficient (Wildman–Crippen LogP) is 3.29. The number of nitrogens with zero attached hydrogens (tertiary/aromatic N) is 1. The molecule has 0 heterocycles. The van der Waals surface area contributed by atoms with Gasteiger partial charge < -0.3 is 10.2 Å². The predicted molar refractivity (Wildman–Crippen MR) is 77.2 cm³/mol. The van der Waals surface area contributed by atoms with E-state index in [1.165, 1.54) is 30.0 Å². The molecule has 0 spiro atoms. The van der Waals surface area contributed by atoms with Crippen LogP contribution in [0, 0.1) is 0 Å². The molecule has 2 amide bonds. The van der Waals surface area contributed by atoms with Crippen LogP contribution in [0.25, 0.3) is 0 Å². The molecule has 0 aliphatic heterocycles. The lowest BCUT2D eigenvalue weighted by molar-refractivity contribution is -0.138. The fraction of sp³-hybridized carbons (Fsp3) is 0.467. The maximum absolute atomic E-state index is 12.9. The van der Waals surface area contributed by atoms with E-state index in [0.717, 1.165) is 6.07 Å². The molecule has 1 aromatic rings. The van der Waals surface area contributed by atoms with Crippen molar-refractivity contribution in [3.63, 3.8) is 0 Å². The van der Waals surface area contributed by atoms with Gasteiger partial charge in [-0.2, -0.15) is 13.2 Å². The van der Waals surface area contributed by atoms with E-state index >= 15 is 0 Å². The van der Waals surface area contributed by atoms with E-state index in [0.29, 0.717) is 0 Å². The Hall–Kier alpha value is -2.05. The van der Waals surface area contributed by atoms with Crippen molar-refractivity contribution in [2.75, 3.05) is 11.9 Å². The topological polar surface area (TPSA) is 49.4 Å². The molecule has 0 aromatic heterocycles. The minimum Gasteiger partial charge on any atom is -0.329 e. The number of carbonyl (C=O) groups excluding carboxylic acids is 2. The van der Waals surface area contributed by atoms with Crippen LogP contribution in [0.15, 0.2) is 24.3 Å². The minimum atomic E-state index is -4.56. The van der Waals surface area contributed by atoms with Gasteiger partial charge in [0, 0.05) is 12.5 Å². The first-order valence-corrected chi connectivity index (χ1v) is 6.67. The van der Waals surface area contributed by atoms with Crippen LogP contribution in [0.2, 0.25) is 0 Å². The zero-order chi connectivity index (χ0) is 17.1. The Kier molecular flexibility index (Phi) is 5.22. The quantitative estimate of drug-likeness (QED) is 0.930. The van der Waals surface area contributed by atoms with Crippen LogP contribution in [0.5, 0.6) is 0 Å². The minimum absolute atomic E-state index is 0.314. The third kappa shape index (κ3) is 4.75. The van der Waals surface area contributed by atoms with Crippen molar-refractivity contribution in [1.82, 2.24) is 4.90 Å². The molecule has 0 saturated carbocycles. The number of benzene rings is 1. The first-order valence-electron chi connectivity index (χ1n) is 6.67. The molecule has 0 aliphatic carbocycles. The van der Waals surface area contributed by atoms with Gasteiger partial charge in [-0.3, -0.25) is 9.59 Å². The number of para-hydroxylation sites is 1. The van der Waals surface area contributed by atoms with Crippen LogP contribution in [0.4, 0.5) is 18.9 Å². The standard InChI is InChI=1S/C15H19F3N2O2/c1-10(21)20(14(2,3)4)9-13(22)19-12-8-6-5-7-11(12)15(16,17)18/h5-8H,9H2,1-4H3,(H,19,22). The summed E-state index contributed by atoms with van der Waals surface area (Å²) in [5.41, 5.74) is -1.85. The molecule has 0 unspecified atom stereocenters. The van der Waals surface area contributed by atoms with Crippen molar-refractivity contribution in [2.24, 2.45) is 0 Å². The van der Waals surface area contributed by atoms with Crippen molar-refractivity contribution in [1.29, 1.82) is 0 Å². The third-order valence-corrected chi connectivity index (χ3v) is 3.00. The molecule has 0 radical (unpaired) electrons. The third-order valence-electron chi connectivity index (χ3n) is 3.00. The molecule has 4 nitrogen and oxygen atoms in total. The summed E-state index contributed by atoms with van der Waals surface area (Å²) in [5, 5.41) is 2.22. The van der Waals surface area contributed by atoms with E-state index in [4.69, 9.17) is 0 Å². The van der Waals surface area contributed by atoms with Gasteiger partial charge in [-0.1, -0.05) is 12.1 Å². The van der Waals surface area contributed by atoms with E-state index in [1.807, 2.05) is 0 Å². The Morgan fingerprint density at radius 1 is 1.14 bits per heavy atom. The lowest BCUT2D eigenvalue weighted by Crippen LogP contribution is -2.48. The largest absolute Gasteiger partial charge is 0.418 e. The first kappa shape index (κ1) is 18.0. The van der Waals surface area contributed by atoms with Gasteiger partial charge >= 0.3 is 6.18 Å². The number of rotatable bonds is 3. The van der Waals surface area contributed by atoms with Crippen LogP contribution in [0.1, 0.15) is 33.3 Å². The second-order valence-electron chi connectivity index (χ2n) is 5.87. The zero-order valence-electron chi connectivity index (χ0n) is 12.9. The fourth-order valence-electron chi connectivity index (χ4n) is 1.99. The van der Waals surface area contributed by atoms with Gasteiger partial charge in [-0.25, -0.2) is 0 Å². The summed E-state index contributed by atoms with van der Waals surface area (Å²) in [4.78, 5) is 24.8. The Balaban J connectivity index is 2.93. The maximum Gasteiger partial charge on any atom is 0.418 e. The monoisotopic (exact) mass is 316 g/mol. The van der Waals surface area contributed by atoms with Crippen molar-refractivity contribution in [3.8, 4) is 0 Å². The van der Waals surface area contributed by atoms with E-state index in [1.54, 1.807) is 20.8 Å². The van der Waals surface area contributed by atoms with Crippen molar-refractivity contribution in [3.05, 3.63) is 29.8 Å². The number of hydrogen-bond acceptors (Lipinski definition) is 2. The van der Waals surface area contributed by atoms with Gasteiger partial charge in [0.15, 0.2) is 0 Å². The second-order valence-corrected chi connectivity index (χ2v) is 5.87. The Morgan fingerprint density at radius 2 is 1.68 bits per heavy atom. The van der Waals surface area contributed by atoms with Crippen LogP contribution >= 0.6 is 0 Å². The molecule has 22 heavy (non-hydrogen) atoms. The number of hydrogen-bond donors (Lipinski definition) is 1. The van der Waals surface area contributed by atoms with Crippen molar-refractivity contribution >= 4 is 17.5 Å². The van der Waals surface area contributed by atoms with Gasteiger partial charge in [0.25, 0.3) is 0 Å². The van der Waals surface area contributed by atoms with Gasteiger partial charge in [0.1, 0.15) is 6.54 Å². The molecular formula is C15H19F3N2O2. The van der Waals surface area contributed by atoms with Crippen molar-refractivity contribution in [2.45, 2.75) is 39.4 Å². The lowest BCUT2D eigenvalue weighted by atomic mass is 10.1. The number of halogens is 3. The molecule has 0 saturated heterocycles. The number of alkyl halides is 3. The number of carbonyl (C=O) groups is 2. The van der Waals surface area contributed by atoms with E-state index in [9.17, 15) is 22.8 Å². The summed E-state index contributed by atoms with van der Waals surface area (Å²) in [5.74, 6) is -1.01. The van der Waals surface area contributed by atoms with Gasteiger partial charge in [-0.05, 0) is 32.9 Å². The Labute approximate surface area is 127 Å². The number of nitrogens with one attached hydrogen (secondary N) is 1. The molecular weight excluding hydrogens is 297 g/mol. The van der Waals surface area contributed by atoms with E-state index in [-0.39, 0.29) is 18.1 Å². The van der Waals surface area contributed by atoms with Gasteiger partial charge in [0.05, 0.1) is 11.3 Å². The highest BCUT2D eigenvalue weighted by atomic mass is 19.4. The molecule has 0 bridgehead atoms. The second kappa shape index (κ2) is 6.37. The highest BCUT2D eigenvalue weighted by molar-refractivity contribution is 5.95. The van der Waals surface area contributed by atoms with Crippen molar-refractivity contribution < 1.29 is 22.8 Å². The summed E-state index contributed by atoms with van der Waals surface area (Å²) in [6.45, 7) is 6.22. The van der Waals surface area contributed by atoms with E-state index < -0.39 is 23.2 Å². The summed E-state index contributed by atoms with van der Waals surface area (Å²) >= 11 is 0. The van der Waals surface area contributed by atoms with Crippen LogP contribution in [-0.4, -0.2) is 28.8 Å². The van der Waals surface area contributed by atoms with Gasteiger partial charge in [0.2, 0.25) is 11.8 Å². The number of amides is 2. The molecule has 1 rings (SSSR count). The molecule has 7 heteroatoms. The maximum atomic E-state index is 12.9. The highest BCUT2D eigenvalue weighted by Gasteiger charge is 2.34. The summed E-state index contributed by atoms with van der Waals surface area (Å²) in [6.07, 6.45) is -4.56. The lowest BCUT2D eigenvalue weighted by Gasteiger charge is -2.34. The normalized spacial score (nSPS) is 12.0. The smallest absolute Gasteiger partial charge is 0.329 e. The van der Waals surface area contributed by atoms with Crippen LogP contribution in [0.3, 0.4) is 0 Å². The molecule has 1 aromatic carbocycles. The average molecular weight is 316 g/mol. The molecule has 0 aliphatic rings. The molecule has 122 valence electrons. The first-order chi connectivity index (χ1) is 9.93. The molecule has 1 N–H and O–H groups in total.